The summed E-state index contributed by atoms with van der Waals surface area (Å²) in [6.07, 6.45) is 2.88. The van der Waals surface area contributed by atoms with Crippen LogP contribution in [0.3, 0.4) is 0 Å². The minimum atomic E-state index is 0.834. The summed E-state index contributed by atoms with van der Waals surface area (Å²) in [4.78, 5) is 2.78. The first-order valence-electron chi connectivity index (χ1n) is 6.21. The fourth-order valence-corrected chi connectivity index (χ4v) is 3.93. The van der Waals surface area contributed by atoms with Crippen molar-refractivity contribution < 1.29 is 0 Å². The van der Waals surface area contributed by atoms with E-state index in [1.54, 1.807) is 0 Å². The van der Waals surface area contributed by atoms with Crippen molar-refractivity contribution in [2.24, 2.45) is 17.8 Å². The fourth-order valence-electron chi connectivity index (χ4n) is 3.93. The van der Waals surface area contributed by atoms with Gasteiger partial charge in [-0.25, -0.2) is 0 Å². The molecule has 1 saturated carbocycles. The van der Waals surface area contributed by atoms with Crippen LogP contribution in [0.2, 0.25) is 0 Å². The van der Waals surface area contributed by atoms with Gasteiger partial charge in [0.2, 0.25) is 0 Å². The molecule has 0 spiro atoms. The van der Waals surface area contributed by atoms with Crippen molar-refractivity contribution in [3.05, 3.63) is 0 Å². The Labute approximate surface area is 87.0 Å². The third kappa shape index (κ3) is 1.31. The second-order valence-electron chi connectivity index (χ2n) is 5.92. The van der Waals surface area contributed by atoms with Crippen LogP contribution >= 0.6 is 0 Å². The first-order chi connectivity index (χ1) is 6.74. The van der Waals surface area contributed by atoms with Crippen LogP contribution < -0.4 is 5.32 Å². The summed E-state index contributed by atoms with van der Waals surface area (Å²) < 4.78 is 0. The second kappa shape index (κ2) is 3.21. The standard InChI is InChI=1S/C12H22N2/c1-8(2)6-14-7-9-3-10-4-12(14)11(9)5-13-10/h8-13H,3-7H2,1-2H3. The highest BCUT2D eigenvalue weighted by Crippen LogP contribution is 2.43. The van der Waals surface area contributed by atoms with Gasteiger partial charge in [-0.1, -0.05) is 13.8 Å². The molecule has 4 fully saturated rings. The molecule has 0 amide bonds. The molecule has 3 saturated heterocycles. The second-order valence-corrected chi connectivity index (χ2v) is 5.92. The Bertz CT molecular complexity index is 226. The zero-order valence-corrected chi connectivity index (χ0v) is 9.37. The average Bonchev–Trinajstić information content (AvgIpc) is 2.39. The van der Waals surface area contributed by atoms with Crippen molar-refractivity contribution in [2.75, 3.05) is 19.6 Å². The summed E-state index contributed by atoms with van der Waals surface area (Å²) in [7, 11) is 0. The van der Waals surface area contributed by atoms with E-state index in [0.717, 1.165) is 29.8 Å². The van der Waals surface area contributed by atoms with E-state index in [4.69, 9.17) is 0 Å². The van der Waals surface area contributed by atoms with Crippen molar-refractivity contribution in [3.8, 4) is 0 Å². The topological polar surface area (TPSA) is 15.3 Å². The number of likely N-dealkylation sites (tertiary alicyclic amines) is 1. The van der Waals surface area contributed by atoms with Crippen molar-refractivity contribution in [1.82, 2.24) is 10.2 Å². The Morgan fingerprint density at radius 1 is 1.36 bits per heavy atom. The maximum absolute atomic E-state index is 3.67. The lowest BCUT2D eigenvalue weighted by molar-refractivity contribution is 0.117. The smallest absolute Gasteiger partial charge is 0.0154 e. The summed E-state index contributed by atoms with van der Waals surface area (Å²) in [6, 6.07) is 1.79. The summed E-state index contributed by atoms with van der Waals surface area (Å²) in [5, 5.41) is 3.67. The van der Waals surface area contributed by atoms with E-state index in [9.17, 15) is 0 Å². The molecular formula is C12H22N2. The van der Waals surface area contributed by atoms with Gasteiger partial charge in [-0.05, 0) is 30.6 Å². The largest absolute Gasteiger partial charge is 0.314 e. The lowest BCUT2D eigenvalue weighted by atomic mass is 9.73. The Morgan fingerprint density at radius 3 is 2.86 bits per heavy atom. The van der Waals surface area contributed by atoms with Crippen LogP contribution in [-0.2, 0) is 0 Å². The molecule has 1 aliphatic carbocycles. The van der Waals surface area contributed by atoms with Crippen LogP contribution in [0.25, 0.3) is 0 Å². The molecule has 80 valence electrons. The van der Waals surface area contributed by atoms with Crippen LogP contribution in [0, 0.1) is 17.8 Å². The first kappa shape index (κ1) is 9.17. The average molecular weight is 194 g/mol. The van der Waals surface area contributed by atoms with Gasteiger partial charge in [0.05, 0.1) is 0 Å². The highest BCUT2D eigenvalue weighted by molar-refractivity contribution is 5.05. The molecule has 0 aromatic rings. The van der Waals surface area contributed by atoms with Crippen LogP contribution in [0.15, 0.2) is 0 Å². The summed E-state index contributed by atoms with van der Waals surface area (Å²) in [5.41, 5.74) is 0. The third-order valence-corrected chi connectivity index (χ3v) is 4.39. The number of nitrogens with one attached hydrogen (secondary N) is 1. The van der Waals surface area contributed by atoms with Crippen LogP contribution in [-0.4, -0.2) is 36.6 Å². The van der Waals surface area contributed by atoms with Crippen LogP contribution in [0.5, 0.6) is 0 Å². The van der Waals surface area contributed by atoms with Gasteiger partial charge < -0.3 is 5.32 Å². The van der Waals surface area contributed by atoms with E-state index in [-0.39, 0.29) is 0 Å². The molecule has 4 aliphatic rings. The number of hydrogen-bond acceptors (Lipinski definition) is 2. The van der Waals surface area contributed by atoms with E-state index in [1.165, 1.54) is 32.5 Å². The Balaban J connectivity index is 1.74. The van der Waals surface area contributed by atoms with Crippen molar-refractivity contribution in [2.45, 2.75) is 38.8 Å². The molecule has 2 nitrogen and oxygen atoms in total. The number of piperidine rings is 2. The molecule has 1 N–H and O–H groups in total. The molecule has 0 aromatic heterocycles. The van der Waals surface area contributed by atoms with Gasteiger partial charge in [0.1, 0.15) is 0 Å². The minimum Gasteiger partial charge on any atom is -0.314 e. The maximum Gasteiger partial charge on any atom is 0.0154 e. The van der Waals surface area contributed by atoms with Crippen molar-refractivity contribution >= 4 is 0 Å². The quantitative estimate of drug-likeness (QED) is 0.713. The lowest BCUT2D eigenvalue weighted by Gasteiger charge is -2.43. The SMILES string of the molecule is CC(C)CN1CC2CC3CC1C2CN3. The van der Waals surface area contributed by atoms with E-state index in [2.05, 4.69) is 24.1 Å². The zero-order chi connectivity index (χ0) is 9.71. The Morgan fingerprint density at radius 2 is 2.21 bits per heavy atom. The zero-order valence-electron chi connectivity index (χ0n) is 9.37. The third-order valence-electron chi connectivity index (χ3n) is 4.39. The molecule has 4 bridgehead atoms. The van der Waals surface area contributed by atoms with Gasteiger partial charge in [-0.15, -0.1) is 0 Å². The lowest BCUT2D eigenvalue weighted by Crippen LogP contribution is -2.54. The molecule has 4 atom stereocenters. The van der Waals surface area contributed by atoms with E-state index in [1.807, 2.05) is 0 Å². The van der Waals surface area contributed by atoms with Gasteiger partial charge in [0.15, 0.2) is 0 Å². The normalized spacial score (nSPS) is 46.5. The molecular weight excluding hydrogens is 172 g/mol. The van der Waals surface area contributed by atoms with Crippen molar-refractivity contribution in [1.29, 1.82) is 0 Å². The maximum atomic E-state index is 3.67. The van der Waals surface area contributed by atoms with Gasteiger partial charge in [0, 0.05) is 31.7 Å². The highest BCUT2D eigenvalue weighted by Gasteiger charge is 2.49. The number of nitrogens with zero attached hydrogens (tertiary/aromatic N) is 1. The van der Waals surface area contributed by atoms with E-state index < -0.39 is 0 Å². The summed E-state index contributed by atoms with van der Waals surface area (Å²) in [5.74, 6) is 2.85. The molecule has 14 heavy (non-hydrogen) atoms. The van der Waals surface area contributed by atoms with Gasteiger partial charge in [-0.2, -0.15) is 0 Å². The van der Waals surface area contributed by atoms with E-state index >= 15 is 0 Å². The Hall–Kier alpha value is -0.0800. The number of hydrogen-bond donors (Lipinski definition) is 1. The molecule has 4 unspecified atom stereocenters. The summed E-state index contributed by atoms with van der Waals surface area (Å²) in [6.45, 7) is 8.71. The summed E-state index contributed by atoms with van der Waals surface area (Å²) >= 11 is 0. The van der Waals surface area contributed by atoms with E-state index in [0.29, 0.717) is 0 Å². The molecule has 3 aliphatic heterocycles. The molecule has 2 heteroatoms. The highest BCUT2D eigenvalue weighted by atomic mass is 15.2. The fraction of sp³-hybridized carbons (Fsp3) is 1.00. The van der Waals surface area contributed by atoms with Gasteiger partial charge in [-0.3, -0.25) is 4.90 Å². The molecule has 0 radical (unpaired) electrons. The predicted molar refractivity (Wildman–Crippen MR) is 58.2 cm³/mol. The van der Waals surface area contributed by atoms with Crippen molar-refractivity contribution in [3.63, 3.8) is 0 Å². The van der Waals surface area contributed by atoms with Crippen LogP contribution in [0.1, 0.15) is 26.7 Å². The molecule has 0 aromatic carbocycles. The minimum absolute atomic E-state index is 0.834. The number of rotatable bonds is 2. The first-order valence-corrected chi connectivity index (χ1v) is 6.21. The monoisotopic (exact) mass is 194 g/mol. The van der Waals surface area contributed by atoms with Gasteiger partial charge >= 0.3 is 0 Å². The van der Waals surface area contributed by atoms with Gasteiger partial charge in [0.25, 0.3) is 0 Å². The van der Waals surface area contributed by atoms with Crippen LogP contribution in [0.4, 0.5) is 0 Å². The molecule has 3 heterocycles. The molecule has 4 rings (SSSR count). The predicted octanol–water partition coefficient (Wildman–Crippen LogP) is 1.32. The number of fused-ring (bicyclic) bond motifs is 1. The Kier molecular flexibility index (Phi) is 2.10.